The van der Waals surface area contributed by atoms with Crippen LogP contribution in [0.2, 0.25) is 0 Å². The van der Waals surface area contributed by atoms with Crippen LogP contribution in [0.25, 0.3) is 0 Å². The minimum Gasteiger partial charge on any atom is -0.487 e. The second-order valence-corrected chi connectivity index (χ2v) is 4.04. The maximum Gasteiger partial charge on any atom is 0.140 e. The molecule has 1 unspecified atom stereocenters. The standard InChI is InChI=1S/C12H20N2O/c1-9(2)12(8-13-4)15-11-6-5-7-14-10(11)3/h5-7,9,12-13H,8H2,1-4H3. The Labute approximate surface area is 91.9 Å². The quantitative estimate of drug-likeness (QED) is 0.803. The summed E-state index contributed by atoms with van der Waals surface area (Å²) >= 11 is 0. The lowest BCUT2D eigenvalue weighted by molar-refractivity contribution is 0.150. The van der Waals surface area contributed by atoms with Crippen LogP contribution >= 0.6 is 0 Å². The number of aryl methyl sites for hydroxylation is 1. The van der Waals surface area contributed by atoms with Gasteiger partial charge in [-0.3, -0.25) is 4.98 Å². The molecule has 1 heterocycles. The molecule has 0 radical (unpaired) electrons. The Balaban J connectivity index is 2.69. The van der Waals surface area contributed by atoms with Crippen molar-refractivity contribution in [2.24, 2.45) is 5.92 Å². The third-order valence-electron chi connectivity index (χ3n) is 2.39. The van der Waals surface area contributed by atoms with Crippen molar-refractivity contribution in [1.82, 2.24) is 10.3 Å². The van der Waals surface area contributed by atoms with Gasteiger partial charge in [0, 0.05) is 12.7 Å². The number of nitrogens with zero attached hydrogens (tertiary/aromatic N) is 1. The summed E-state index contributed by atoms with van der Waals surface area (Å²) in [4.78, 5) is 4.21. The van der Waals surface area contributed by atoms with Crippen molar-refractivity contribution < 1.29 is 4.74 Å². The first-order valence-corrected chi connectivity index (χ1v) is 5.38. The molecule has 0 aliphatic carbocycles. The molecule has 1 rings (SSSR count). The van der Waals surface area contributed by atoms with E-state index < -0.39 is 0 Å². The molecule has 0 saturated heterocycles. The van der Waals surface area contributed by atoms with Crippen molar-refractivity contribution in [2.45, 2.75) is 26.9 Å². The van der Waals surface area contributed by atoms with Gasteiger partial charge in [0.05, 0.1) is 5.69 Å². The Hall–Kier alpha value is -1.09. The fourth-order valence-corrected chi connectivity index (χ4v) is 1.37. The van der Waals surface area contributed by atoms with Crippen LogP contribution in [0.15, 0.2) is 18.3 Å². The van der Waals surface area contributed by atoms with Crippen molar-refractivity contribution in [3.8, 4) is 5.75 Å². The van der Waals surface area contributed by atoms with E-state index in [1.54, 1.807) is 6.20 Å². The normalized spacial score (nSPS) is 12.9. The van der Waals surface area contributed by atoms with E-state index in [2.05, 4.69) is 24.1 Å². The van der Waals surface area contributed by atoms with E-state index in [4.69, 9.17) is 4.74 Å². The van der Waals surface area contributed by atoms with Crippen LogP contribution in [0.4, 0.5) is 0 Å². The van der Waals surface area contributed by atoms with Crippen molar-refractivity contribution in [3.05, 3.63) is 24.0 Å². The number of likely N-dealkylation sites (N-methyl/N-ethyl adjacent to an activating group) is 1. The van der Waals surface area contributed by atoms with Gasteiger partial charge in [0.15, 0.2) is 0 Å². The van der Waals surface area contributed by atoms with Gasteiger partial charge in [-0.1, -0.05) is 13.8 Å². The zero-order chi connectivity index (χ0) is 11.3. The van der Waals surface area contributed by atoms with Gasteiger partial charge >= 0.3 is 0 Å². The van der Waals surface area contributed by atoms with Gasteiger partial charge in [0.1, 0.15) is 11.9 Å². The summed E-state index contributed by atoms with van der Waals surface area (Å²) in [6.07, 6.45) is 1.97. The molecule has 0 aliphatic rings. The Morgan fingerprint density at radius 3 is 2.73 bits per heavy atom. The Kier molecular flexibility index (Phi) is 4.56. The van der Waals surface area contributed by atoms with Gasteiger partial charge in [-0.05, 0) is 32.0 Å². The first kappa shape index (κ1) is 12.0. The van der Waals surface area contributed by atoms with Crippen molar-refractivity contribution in [1.29, 1.82) is 0 Å². The highest BCUT2D eigenvalue weighted by Crippen LogP contribution is 2.18. The van der Waals surface area contributed by atoms with Gasteiger partial charge in [-0.2, -0.15) is 0 Å². The van der Waals surface area contributed by atoms with Crippen LogP contribution < -0.4 is 10.1 Å². The van der Waals surface area contributed by atoms with Crippen LogP contribution in [0.3, 0.4) is 0 Å². The lowest BCUT2D eigenvalue weighted by Gasteiger charge is -2.22. The average molecular weight is 208 g/mol. The van der Waals surface area contributed by atoms with Crippen LogP contribution in [0, 0.1) is 12.8 Å². The second kappa shape index (κ2) is 5.71. The topological polar surface area (TPSA) is 34.1 Å². The molecule has 84 valence electrons. The highest BCUT2D eigenvalue weighted by Gasteiger charge is 2.15. The summed E-state index contributed by atoms with van der Waals surface area (Å²) in [5.74, 6) is 1.36. The third kappa shape index (κ3) is 3.51. The summed E-state index contributed by atoms with van der Waals surface area (Å²) < 4.78 is 5.92. The molecule has 1 atom stereocenters. The number of ether oxygens (including phenoxy) is 1. The van der Waals surface area contributed by atoms with Gasteiger partial charge in [-0.25, -0.2) is 0 Å². The second-order valence-electron chi connectivity index (χ2n) is 4.04. The van der Waals surface area contributed by atoms with Crippen LogP contribution in [-0.2, 0) is 0 Å². The molecule has 0 saturated carbocycles. The predicted molar refractivity (Wildman–Crippen MR) is 62.2 cm³/mol. The fraction of sp³-hybridized carbons (Fsp3) is 0.583. The maximum atomic E-state index is 5.92. The summed E-state index contributed by atoms with van der Waals surface area (Å²) in [5, 5.41) is 3.14. The highest BCUT2D eigenvalue weighted by molar-refractivity contribution is 5.25. The van der Waals surface area contributed by atoms with Crippen molar-refractivity contribution in [2.75, 3.05) is 13.6 Å². The van der Waals surface area contributed by atoms with Gasteiger partial charge in [-0.15, -0.1) is 0 Å². The fourth-order valence-electron chi connectivity index (χ4n) is 1.37. The smallest absolute Gasteiger partial charge is 0.140 e. The predicted octanol–water partition coefficient (Wildman–Crippen LogP) is 2.01. The Bertz CT molecular complexity index is 299. The monoisotopic (exact) mass is 208 g/mol. The number of hydrogen-bond donors (Lipinski definition) is 1. The summed E-state index contributed by atoms with van der Waals surface area (Å²) in [6, 6.07) is 3.87. The summed E-state index contributed by atoms with van der Waals surface area (Å²) in [5.41, 5.74) is 0.944. The summed E-state index contributed by atoms with van der Waals surface area (Å²) in [6.45, 7) is 7.14. The molecular weight excluding hydrogens is 188 g/mol. The minimum absolute atomic E-state index is 0.192. The number of hydrogen-bond acceptors (Lipinski definition) is 3. The largest absolute Gasteiger partial charge is 0.487 e. The molecule has 1 N–H and O–H groups in total. The van der Waals surface area contributed by atoms with E-state index in [0.29, 0.717) is 5.92 Å². The molecule has 0 fully saturated rings. The van der Waals surface area contributed by atoms with Crippen molar-refractivity contribution in [3.63, 3.8) is 0 Å². The van der Waals surface area contributed by atoms with E-state index in [1.165, 1.54) is 0 Å². The van der Waals surface area contributed by atoms with Gasteiger partial charge in [0.2, 0.25) is 0 Å². The molecule has 0 aliphatic heterocycles. The first-order chi connectivity index (χ1) is 7.15. The van der Waals surface area contributed by atoms with Crippen molar-refractivity contribution >= 4 is 0 Å². The lowest BCUT2D eigenvalue weighted by atomic mass is 10.1. The maximum absolute atomic E-state index is 5.92. The minimum atomic E-state index is 0.192. The van der Waals surface area contributed by atoms with E-state index in [1.807, 2.05) is 26.1 Å². The van der Waals surface area contributed by atoms with Crippen LogP contribution in [0.5, 0.6) is 5.75 Å². The van der Waals surface area contributed by atoms with E-state index in [9.17, 15) is 0 Å². The highest BCUT2D eigenvalue weighted by atomic mass is 16.5. The number of aromatic nitrogens is 1. The average Bonchev–Trinajstić information content (AvgIpc) is 2.20. The zero-order valence-corrected chi connectivity index (χ0v) is 9.95. The zero-order valence-electron chi connectivity index (χ0n) is 9.95. The van der Waals surface area contributed by atoms with E-state index in [0.717, 1.165) is 18.0 Å². The lowest BCUT2D eigenvalue weighted by Crippen LogP contribution is -2.33. The number of rotatable bonds is 5. The molecule has 0 aromatic carbocycles. The molecule has 0 bridgehead atoms. The first-order valence-electron chi connectivity index (χ1n) is 5.38. The molecule has 1 aromatic rings. The van der Waals surface area contributed by atoms with Crippen LogP contribution in [-0.4, -0.2) is 24.7 Å². The molecule has 1 aromatic heterocycles. The molecule has 15 heavy (non-hydrogen) atoms. The molecular formula is C12H20N2O. The van der Waals surface area contributed by atoms with E-state index in [-0.39, 0.29) is 6.10 Å². The number of pyridine rings is 1. The SMILES string of the molecule is CNCC(Oc1cccnc1C)C(C)C. The number of nitrogens with one attached hydrogen (secondary N) is 1. The van der Waals surface area contributed by atoms with Crippen LogP contribution in [0.1, 0.15) is 19.5 Å². The molecule has 3 heteroatoms. The molecule has 0 spiro atoms. The summed E-state index contributed by atoms with van der Waals surface area (Å²) in [7, 11) is 1.94. The third-order valence-corrected chi connectivity index (χ3v) is 2.39. The van der Waals surface area contributed by atoms with Gasteiger partial charge < -0.3 is 10.1 Å². The van der Waals surface area contributed by atoms with Gasteiger partial charge in [0.25, 0.3) is 0 Å². The molecule has 0 amide bonds. The Morgan fingerprint density at radius 1 is 1.47 bits per heavy atom. The molecule has 3 nitrogen and oxygen atoms in total. The Morgan fingerprint density at radius 2 is 2.20 bits per heavy atom. The van der Waals surface area contributed by atoms with E-state index >= 15 is 0 Å².